The number of anilines is 1. The number of benzene rings is 1. The van der Waals surface area contributed by atoms with Gasteiger partial charge in [-0.05, 0) is 29.3 Å². The average molecular weight is 267 g/mol. The molecule has 0 atom stereocenters. The second-order valence-corrected chi connectivity index (χ2v) is 3.07. The molecule has 3 nitrogen and oxygen atoms in total. The van der Waals surface area contributed by atoms with Crippen molar-refractivity contribution in [3.8, 4) is 11.1 Å². The average Bonchev–Trinajstić information content (AvgIpc) is 2.19. The van der Waals surface area contributed by atoms with Gasteiger partial charge in [0.1, 0.15) is 0 Å². The van der Waals surface area contributed by atoms with Crippen LogP contribution >= 0.6 is 17.0 Å². The Morgan fingerprint density at radius 2 is 1.87 bits per heavy atom. The van der Waals surface area contributed by atoms with Gasteiger partial charge in [0.25, 0.3) is 0 Å². The van der Waals surface area contributed by atoms with Crippen molar-refractivity contribution in [3.63, 3.8) is 0 Å². The van der Waals surface area contributed by atoms with Crippen LogP contribution in [0.3, 0.4) is 0 Å². The van der Waals surface area contributed by atoms with Crippen LogP contribution in [0.1, 0.15) is 0 Å². The zero-order valence-electron chi connectivity index (χ0n) is 7.94. The van der Waals surface area contributed by atoms with Crippen LogP contribution in [0.25, 0.3) is 11.1 Å². The van der Waals surface area contributed by atoms with Gasteiger partial charge in [-0.25, -0.2) is 0 Å². The first-order valence-corrected chi connectivity index (χ1v) is 4.30. The van der Waals surface area contributed by atoms with Gasteiger partial charge >= 0.3 is 0 Å². The van der Waals surface area contributed by atoms with Crippen LogP contribution in [0.4, 0.5) is 5.69 Å². The van der Waals surface area contributed by atoms with E-state index in [0.29, 0.717) is 5.69 Å². The lowest BCUT2D eigenvalue weighted by Crippen LogP contribution is -2.01. The monoisotopic (exact) mass is 266 g/mol. The van der Waals surface area contributed by atoms with Crippen molar-refractivity contribution in [2.24, 2.45) is 0 Å². The van der Waals surface area contributed by atoms with Gasteiger partial charge in [0, 0.05) is 18.0 Å². The van der Waals surface area contributed by atoms with E-state index in [-0.39, 0.29) is 22.5 Å². The standard InChI is InChI=1S/C11H10N2O.BrH/c12-10-3-1-2-8(6-10)9-4-5-11(14)13-7-9;/h1-7H,12H2,(H,13,14);1H. The van der Waals surface area contributed by atoms with Crippen molar-refractivity contribution in [2.75, 3.05) is 5.73 Å². The van der Waals surface area contributed by atoms with E-state index >= 15 is 0 Å². The molecule has 0 spiro atoms. The molecule has 0 aliphatic rings. The maximum Gasteiger partial charge on any atom is 0.247 e. The molecule has 1 heterocycles. The van der Waals surface area contributed by atoms with Gasteiger partial charge in [0.15, 0.2) is 0 Å². The zero-order chi connectivity index (χ0) is 9.97. The second kappa shape index (κ2) is 4.79. The van der Waals surface area contributed by atoms with E-state index in [1.807, 2.05) is 24.3 Å². The highest BCUT2D eigenvalue weighted by molar-refractivity contribution is 8.93. The Morgan fingerprint density at radius 1 is 1.07 bits per heavy atom. The summed E-state index contributed by atoms with van der Waals surface area (Å²) < 4.78 is 0. The van der Waals surface area contributed by atoms with Crippen LogP contribution in [0.2, 0.25) is 0 Å². The fraction of sp³-hybridized carbons (Fsp3) is 0. The third kappa shape index (κ3) is 2.70. The summed E-state index contributed by atoms with van der Waals surface area (Å²) in [4.78, 5) is 13.5. The largest absolute Gasteiger partial charge is 0.399 e. The summed E-state index contributed by atoms with van der Waals surface area (Å²) in [5.74, 6) is 0. The molecular weight excluding hydrogens is 256 g/mol. The molecule has 0 aliphatic carbocycles. The molecule has 0 saturated heterocycles. The fourth-order valence-corrected chi connectivity index (χ4v) is 1.31. The molecule has 0 unspecified atom stereocenters. The molecule has 1 aromatic carbocycles. The highest BCUT2D eigenvalue weighted by Crippen LogP contribution is 2.19. The normalized spacial score (nSPS) is 9.33. The highest BCUT2D eigenvalue weighted by Gasteiger charge is 1.96. The minimum atomic E-state index is -0.0994. The van der Waals surface area contributed by atoms with Crippen LogP contribution in [-0.4, -0.2) is 4.98 Å². The number of hydrogen-bond acceptors (Lipinski definition) is 2. The molecule has 15 heavy (non-hydrogen) atoms. The maximum atomic E-state index is 10.8. The van der Waals surface area contributed by atoms with E-state index in [4.69, 9.17) is 5.73 Å². The van der Waals surface area contributed by atoms with Crippen LogP contribution in [0.15, 0.2) is 47.4 Å². The van der Waals surface area contributed by atoms with Gasteiger partial charge in [-0.1, -0.05) is 12.1 Å². The third-order valence-corrected chi connectivity index (χ3v) is 2.00. The predicted molar refractivity (Wildman–Crippen MR) is 67.2 cm³/mol. The summed E-state index contributed by atoms with van der Waals surface area (Å²) in [6.45, 7) is 0. The van der Waals surface area contributed by atoms with Crippen molar-refractivity contribution in [3.05, 3.63) is 52.9 Å². The van der Waals surface area contributed by atoms with Gasteiger partial charge in [-0.15, -0.1) is 17.0 Å². The number of halogens is 1. The fourth-order valence-electron chi connectivity index (χ4n) is 1.31. The molecular formula is C11H11BrN2O. The molecule has 78 valence electrons. The molecule has 4 heteroatoms. The first-order valence-electron chi connectivity index (χ1n) is 4.30. The van der Waals surface area contributed by atoms with Gasteiger partial charge in [-0.3, -0.25) is 4.79 Å². The molecule has 0 bridgehead atoms. The Balaban J connectivity index is 0.00000112. The van der Waals surface area contributed by atoms with E-state index in [0.717, 1.165) is 11.1 Å². The summed E-state index contributed by atoms with van der Waals surface area (Å²) >= 11 is 0. The Labute approximate surface area is 97.7 Å². The summed E-state index contributed by atoms with van der Waals surface area (Å²) in [7, 11) is 0. The van der Waals surface area contributed by atoms with Gasteiger partial charge in [0.05, 0.1) is 0 Å². The van der Waals surface area contributed by atoms with E-state index < -0.39 is 0 Å². The number of nitrogens with one attached hydrogen (secondary N) is 1. The summed E-state index contributed by atoms with van der Waals surface area (Å²) in [6, 6.07) is 10.8. The van der Waals surface area contributed by atoms with Crippen molar-refractivity contribution in [1.29, 1.82) is 0 Å². The maximum absolute atomic E-state index is 10.8. The summed E-state index contributed by atoms with van der Waals surface area (Å²) in [5.41, 5.74) is 8.23. The number of aromatic amines is 1. The van der Waals surface area contributed by atoms with Gasteiger partial charge in [-0.2, -0.15) is 0 Å². The molecule has 2 aromatic rings. The van der Waals surface area contributed by atoms with E-state index in [1.165, 1.54) is 6.07 Å². The number of nitrogen functional groups attached to an aromatic ring is 1. The molecule has 0 aliphatic heterocycles. The Morgan fingerprint density at radius 3 is 2.47 bits per heavy atom. The molecule has 0 amide bonds. The molecule has 0 saturated carbocycles. The minimum Gasteiger partial charge on any atom is -0.399 e. The highest BCUT2D eigenvalue weighted by atomic mass is 79.9. The number of rotatable bonds is 1. The second-order valence-electron chi connectivity index (χ2n) is 3.07. The topological polar surface area (TPSA) is 58.9 Å². The van der Waals surface area contributed by atoms with Crippen LogP contribution in [-0.2, 0) is 0 Å². The molecule has 3 N–H and O–H groups in total. The molecule has 1 aromatic heterocycles. The van der Waals surface area contributed by atoms with Crippen molar-refractivity contribution >= 4 is 22.7 Å². The Bertz CT molecular complexity index is 487. The molecule has 0 radical (unpaired) electrons. The Kier molecular flexibility index (Phi) is 3.68. The number of pyridine rings is 1. The van der Waals surface area contributed by atoms with Crippen molar-refractivity contribution in [2.45, 2.75) is 0 Å². The van der Waals surface area contributed by atoms with E-state index in [2.05, 4.69) is 4.98 Å². The Hall–Kier alpha value is -1.55. The van der Waals surface area contributed by atoms with Crippen LogP contribution in [0, 0.1) is 0 Å². The van der Waals surface area contributed by atoms with Gasteiger partial charge < -0.3 is 10.7 Å². The van der Waals surface area contributed by atoms with E-state index in [9.17, 15) is 4.79 Å². The lowest BCUT2D eigenvalue weighted by atomic mass is 10.1. The predicted octanol–water partition coefficient (Wildman–Crippen LogP) is 2.20. The molecule has 0 fully saturated rings. The lowest BCUT2D eigenvalue weighted by molar-refractivity contribution is 1.24. The number of hydrogen-bond donors (Lipinski definition) is 2. The van der Waals surface area contributed by atoms with Crippen molar-refractivity contribution in [1.82, 2.24) is 4.98 Å². The third-order valence-electron chi connectivity index (χ3n) is 2.00. The van der Waals surface area contributed by atoms with Crippen LogP contribution in [0.5, 0.6) is 0 Å². The summed E-state index contributed by atoms with van der Waals surface area (Å²) in [5, 5.41) is 0. The smallest absolute Gasteiger partial charge is 0.247 e. The van der Waals surface area contributed by atoms with E-state index in [1.54, 1.807) is 12.3 Å². The first kappa shape index (κ1) is 11.5. The number of H-pyrrole nitrogens is 1. The van der Waals surface area contributed by atoms with Crippen molar-refractivity contribution < 1.29 is 0 Å². The molecule has 2 rings (SSSR count). The quantitative estimate of drug-likeness (QED) is 0.778. The number of nitrogens with two attached hydrogens (primary N) is 1. The number of aromatic nitrogens is 1. The zero-order valence-corrected chi connectivity index (χ0v) is 9.65. The summed E-state index contributed by atoms with van der Waals surface area (Å²) in [6.07, 6.45) is 1.68. The SMILES string of the molecule is Br.Nc1cccc(-c2ccc(=O)[nH]c2)c1. The minimum absolute atomic E-state index is 0. The lowest BCUT2D eigenvalue weighted by Gasteiger charge is -2.01. The first-order chi connectivity index (χ1) is 6.75. The van der Waals surface area contributed by atoms with Gasteiger partial charge in [0.2, 0.25) is 5.56 Å². The van der Waals surface area contributed by atoms with Crippen LogP contribution < -0.4 is 11.3 Å².